The second-order valence-electron chi connectivity index (χ2n) is 4.81. The molecular formula is C16H26N2OS. The summed E-state index contributed by atoms with van der Waals surface area (Å²) < 4.78 is 0. The first-order chi connectivity index (χ1) is 9.77. The second kappa shape index (κ2) is 10.6. The molecule has 0 aliphatic heterocycles. The van der Waals surface area contributed by atoms with E-state index >= 15 is 0 Å². The number of rotatable bonds is 10. The van der Waals surface area contributed by atoms with Gasteiger partial charge >= 0.3 is 0 Å². The number of anilines is 1. The van der Waals surface area contributed by atoms with Gasteiger partial charge in [-0.15, -0.1) is 0 Å². The van der Waals surface area contributed by atoms with Gasteiger partial charge in [-0.2, -0.15) is 11.8 Å². The van der Waals surface area contributed by atoms with Crippen LogP contribution in [0.5, 0.6) is 0 Å². The summed E-state index contributed by atoms with van der Waals surface area (Å²) in [5.74, 6) is 1.23. The van der Waals surface area contributed by atoms with Crippen molar-refractivity contribution in [3.63, 3.8) is 0 Å². The van der Waals surface area contributed by atoms with E-state index in [0.717, 1.165) is 37.2 Å². The average Bonchev–Trinajstić information content (AvgIpc) is 2.49. The van der Waals surface area contributed by atoms with Crippen LogP contribution in [-0.2, 0) is 0 Å². The van der Waals surface area contributed by atoms with Crippen molar-refractivity contribution in [2.45, 2.75) is 32.6 Å². The van der Waals surface area contributed by atoms with Crippen LogP contribution in [-0.4, -0.2) is 31.0 Å². The quantitative estimate of drug-likeness (QED) is 0.645. The van der Waals surface area contributed by atoms with Crippen molar-refractivity contribution < 1.29 is 4.79 Å². The zero-order valence-corrected chi connectivity index (χ0v) is 13.4. The van der Waals surface area contributed by atoms with Gasteiger partial charge in [0.2, 0.25) is 0 Å². The Hall–Kier alpha value is -1.16. The van der Waals surface area contributed by atoms with Crippen LogP contribution in [0.3, 0.4) is 0 Å². The maximum Gasteiger partial charge on any atom is 0.251 e. The summed E-state index contributed by atoms with van der Waals surface area (Å²) in [4.78, 5) is 11.9. The lowest BCUT2D eigenvalue weighted by Crippen LogP contribution is -2.24. The first-order valence-corrected chi connectivity index (χ1v) is 8.78. The molecule has 4 heteroatoms. The predicted molar refractivity (Wildman–Crippen MR) is 89.8 cm³/mol. The minimum Gasteiger partial charge on any atom is -0.385 e. The van der Waals surface area contributed by atoms with Crippen LogP contribution in [0.1, 0.15) is 43.0 Å². The second-order valence-corrected chi connectivity index (χ2v) is 5.80. The molecule has 0 aliphatic rings. The highest BCUT2D eigenvalue weighted by molar-refractivity contribution is 7.98. The molecule has 20 heavy (non-hydrogen) atoms. The average molecular weight is 294 g/mol. The third-order valence-corrected chi connectivity index (χ3v) is 3.73. The van der Waals surface area contributed by atoms with Gasteiger partial charge in [0.15, 0.2) is 0 Å². The number of benzene rings is 1. The number of nitrogens with one attached hydrogen (secondary N) is 2. The van der Waals surface area contributed by atoms with E-state index in [1.54, 1.807) is 0 Å². The summed E-state index contributed by atoms with van der Waals surface area (Å²) >= 11 is 1.88. The number of unbranched alkanes of at least 4 members (excludes halogenated alkanes) is 2. The smallest absolute Gasteiger partial charge is 0.251 e. The first-order valence-electron chi connectivity index (χ1n) is 7.39. The Labute approximate surface area is 126 Å². The fourth-order valence-corrected chi connectivity index (χ4v) is 2.35. The van der Waals surface area contributed by atoms with E-state index in [4.69, 9.17) is 0 Å². The van der Waals surface area contributed by atoms with E-state index in [9.17, 15) is 4.79 Å². The van der Waals surface area contributed by atoms with E-state index in [-0.39, 0.29) is 5.91 Å². The van der Waals surface area contributed by atoms with Crippen molar-refractivity contribution in [3.05, 3.63) is 29.8 Å². The lowest BCUT2D eigenvalue weighted by molar-refractivity contribution is 0.0953. The molecule has 0 atom stereocenters. The summed E-state index contributed by atoms with van der Waals surface area (Å²) in [7, 11) is 0. The van der Waals surface area contributed by atoms with Crippen molar-refractivity contribution in [3.8, 4) is 0 Å². The number of carbonyl (C=O) groups excluding carboxylic acids is 1. The number of carbonyl (C=O) groups is 1. The molecule has 3 nitrogen and oxygen atoms in total. The van der Waals surface area contributed by atoms with E-state index in [1.165, 1.54) is 18.6 Å². The molecule has 0 saturated heterocycles. The summed E-state index contributed by atoms with van der Waals surface area (Å²) in [5, 5.41) is 6.27. The summed E-state index contributed by atoms with van der Waals surface area (Å²) in [6.45, 7) is 3.86. The molecule has 0 unspecified atom stereocenters. The molecule has 112 valence electrons. The van der Waals surface area contributed by atoms with Gasteiger partial charge in [-0.1, -0.05) is 13.3 Å². The summed E-state index contributed by atoms with van der Waals surface area (Å²) in [5.41, 5.74) is 1.80. The van der Waals surface area contributed by atoms with E-state index < -0.39 is 0 Å². The molecule has 0 fully saturated rings. The van der Waals surface area contributed by atoms with Crippen LogP contribution in [0.4, 0.5) is 5.69 Å². The van der Waals surface area contributed by atoms with Crippen LogP contribution in [0.15, 0.2) is 24.3 Å². The van der Waals surface area contributed by atoms with Gasteiger partial charge in [0.05, 0.1) is 0 Å². The lowest BCUT2D eigenvalue weighted by atomic mass is 10.2. The van der Waals surface area contributed by atoms with Crippen LogP contribution < -0.4 is 10.6 Å². The molecular weight excluding hydrogens is 268 g/mol. The number of amides is 1. The topological polar surface area (TPSA) is 41.1 Å². The van der Waals surface area contributed by atoms with Crippen LogP contribution in [0, 0.1) is 0 Å². The maximum atomic E-state index is 11.9. The van der Waals surface area contributed by atoms with Gasteiger partial charge in [0.25, 0.3) is 5.91 Å². The Morgan fingerprint density at radius 2 is 1.85 bits per heavy atom. The molecule has 0 saturated carbocycles. The molecule has 1 amide bonds. The molecule has 2 N–H and O–H groups in total. The van der Waals surface area contributed by atoms with Crippen LogP contribution >= 0.6 is 11.8 Å². The van der Waals surface area contributed by atoms with E-state index in [0.29, 0.717) is 0 Å². The van der Waals surface area contributed by atoms with Gasteiger partial charge < -0.3 is 10.6 Å². The highest BCUT2D eigenvalue weighted by Gasteiger charge is 2.04. The Kier molecular flexibility index (Phi) is 8.96. The SMILES string of the molecule is CCCNc1ccc(C(=O)NCCCCCSC)cc1. The highest BCUT2D eigenvalue weighted by atomic mass is 32.2. The third-order valence-electron chi connectivity index (χ3n) is 3.04. The Bertz CT molecular complexity index is 379. The standard InChI is InChI=1S/C16H26N2OS/c1-3-11-17-15-9-7-14(8-10-15)16(19)18-12-5-4-6-13-20-2/h7-10,17H,3-6,11-13H2,1-2H3,(H,18,19). The fraction of sp³-hybridized carbons (Fsp3) is 0.562. The minimum atomic E-state index is 0.0249. The third kappa shape index (κ3) is 6.85. The molecule has 0 spiro atoms. The molecule has 1 rings (SSSR count). The van der Waals surface area contributed by atoms with Crippen molar-refractivity contribution in [2.24, 2.45) is 0 Å². The normalized spacial score (nSPS) is 10.3. The van der Waals surface area contributed by atoms with Crippen LogP contribution in [0.2, 0.25) is 0 Å². The molecule has 0 radical (unpaired) electrons. The van der Waals surface area contributed by atoms with Gasteiger partial charge in [0, 0.05) is 24.3 Å². The monoisotopic (exact) mass is 294 g/mol. The Morgan fingerprint density at radius 3 is 2.50 bits per heavy atom. The van der Waals surface area contributed by atoms with Crippen LogP contribution in [0.25, 0.3) is 0 Å². The summed E-state index contributed by atoms with van der Waals surface area (Å²) in [6.07, 6.45) is 6.69. The molecule has 0 heterocycles. The van der Waals surface area contributed by atoms with E-state index in [2.05, 4.69) is 23.8 Å². The molecule has 1 aromatic rings. The number of hydrogen-bond acceptors (Lipinski definition) is 3. The maximum absolute atomic E-state index is 11.9. The lowest BCUT2D eigenvalue weighted by Gasteiger charge is -2.07. The van der Waals surface area contributed by atoms with Crippen molar-refractivity contribution in [1.29, 1.82) is 0 Å². The van der Waals surface area contributed by atoms with Gasteiger partial charge in [0.1, 0.15) is 0 Å². The summed E-state index contributed by atoms with van der Waals surface area (Å²) in [6, 6.07) is 7.67. The minimum absolute atomic E-state index is 0.0249. The zero-order valence-electron chi connectivity index (χ0n) is 12.6. The fourth-order valence-electron chi connectivity index (χ4n) is 1.86. The van der Waals surface area contributed by atoms with Gasteiger partial charge in [-0.05, 0) is 55.5 Å². The van der Waals surface area contributed by atoms with Crippen molar-refractivity contribution >= 4 is 23.4 Å². The molecule has 0 aromatic heterocycles. The van der Waals surface area contributed by atoms with Crippen molar-refractivity contribution in [2.75, 3.05) is 30.4 Å². The first kappa shape index (κ1) is 16.9. The Balaban J connectivity index is 2.25. The Morgan fingerprint density at radius 1 is 1.10 bits per heavy atom. The van der Waals surface area contributed by atoms with Gasteiger partial charge in [-0.25, -0.2) is 0 Å². The largest absolute Gasteiger partial charge is 0.385 e. The molecule has 0 bridgehead atoms. The molecule has 1 aromatic carbocycles. The number of hydrogen-bond donors (Lipinski definition) is 2. The number of thioether (sulfide) groups is 1. The van der Waals surface area contributed by atoms with Crippen molar-refractivity contribution in [1.82, 2.24) is 5.32 Å². The molecule has 0 aliphatic carbocycles. The van der Waals surface area contributed by atoms with Gasteiger partial charge in [-0.3, -0.25) is 4.79 Å². The highest BCUT2D eigenvalue weighted by Crippen LogP contribution is 2.09. The van der Waals surface area contributed by atoms with E-state index in [1.807, 2.05) is 36.0 Å². The zero-order chi connectivity index (χ0) is 14.6. The predicted octanol–water partition coefficient (Wildman–Crippen LogP) is 3.77.